The molecule has 2 nitrogen and oxygen atoms in total. The van der Waals surface area contributed by atoms with E-state index in [0.29, 0.717) is 11.8 Å². The van der Waals surface area contributed by atoms with Gasteiger partial charge in [-0.2, -0.15) is 11.3 Å². The molecule has 233 valence electrons. The van der Waals surface area contributed by atoms with Crippen LogP contribution < -0.4 is 5.19 Å². The van der Waals surface area contributed by atoms with Crippen molar-refractivity contribution < 1.29 is 20.1 Å². The summed E-state index contributed by atoms with van der Waals surface area (Å²) in [5.41, 5.74) is 6.92. The molecule has 7 rings (SSSR count). The maximum atomic E-state index is 4.88. The second-order valence-electron chi connectivity index (χ2n) is 13.4. The van der Waals surface area contributed by atoms with Gasteiger partial charge in [-0.05, 0) is 63.3 Å². The third-order valence-electron chi connectivity index (χ3n) is 8.85. The number of fused-ring (bicyclic) bond motifs is 3. The van der Waals surface area contributed by atoms with Crippen molar-refractivity contribution in [3.05, 3.63) is 115 Å². The zero-order valence-electron chi connectivity index (χ0n) is 27.0. The molecule has 0 bridgehead atoms. The molecule has 0 spiro atoms. The van der Waals surface area contributed by atoms with E-state index in [1.807, 2.05) is 41.8 Å². The van der Waals surface area contributed by atoms with E-state index < -0.39 is 8.07 Å². The molecular formula is C40H42IrN2SSi-2. The van der Waals surface area contributed by atoms with Crippen LogP contribution in [0.3, 0.4) is 0 Å². The molecule has 1 aliphatic rings. The molecule has 0 N–H and O–H groups in total. The largest absolute Gasteiger partial charge is 0.304 e. The first kappa shape index (κ1) is 33.4. The summed E-state index contributed by atoms with van der Waals surface area (Å²) in [6.45, 7) is 11.6. The van der Waals surface area contributed by atoms with Crippen LogP contribution in [0.1, 0.15) is 68.9 Å². The number of pyridine rings is 2. The minimum Gasteiger partial charge on any atom is -0.304 e. The van der Waals surface area contributed by atoms with Gasteiger partial charge in [0.25, 0.3) is 0 Å². The summed E-state index contributed by atoms with van der Waals surface area (Å²) in [5.74, 6) is 1.24. The van der Waals surface area contributed by atoms with Crippen LogP contribution in [0, 0.1) is 12.1 Å². The third-order valence-corrected chi connectivity index (χ3v) is 12.1. The van der Waals surface area contributed by atoms with Gasteiger partial charge in [-0.3, -0.25) is 0 Å². The van der Waals surface area contributed by atoms with Gasteiger partial charge in [0.2, 0.25) is 0 Å². The van der Waals surface area contributed by atoms with Crippen molar-refractivity contribution in [1.82, 2.24) is 9.97 Å². The van der Waals surface area contributed by atoms with Crippen molar-refractivity contribution >= 4 is 44.8 Å². The predicted octanol–water partition coefficient (Wildman–Crippen LogP) is 11.2. The van der Waals surface area contributed by atoms with Crippen molar-refractivity contribution in [1.29, 1.82) is 0 Å². The molecule has 45 heavy (non-hydrogen) atoms. The van der Waals surface area contributed by atoms with Crippen molar-refractivity contribution in [3.8, 4) is 22.5 Å². The number of rotatable bonds is 5. The summed E-state index contributed by atoms with van der Waals surface area (Å²) in [7, 11) is -1.33. The predicted molar refractivity (Wildman–Crippen MR) is 193 cm³/mol. The molecule has 0 aliphatic heterocycles. The van der Waals surface area contributed by atoms with E-state index in [-0.39, 0.29) is 20.1 Å². The molecule has 0 saturated heterocycles. The zero-order valence-corrected chi connectivity index (χ0v) is 31.2. The maximum absolute atomic E-state index is 4.88. The minimum absolute atomic E-state index is 0. The minimum atomic E-state index is -1.33. The fraction of sp³-hybridized carbons (Fsp3) is 0.300. The van der Waals surface area contributed by atoms with E-state index in [0.717, 1.165) is 22.5 Å². The Kier molecular flexibility index (Phi) is 10.9. The molecule has 3 aromatic carbocycles. The van der Waals surface area contributed by atoms with E-state index in [9.17, 15) is 0 Å². The van der Waals surface area contributed by atoms with Crippen molar-refractivity contribution in [3.63, 3.8) is 0 Å². The molecule has 3 aromatic heterocycles. The molecule has 0 unspecified atom stereocenters. The Morgan fingerprint density at radius 1 is 0.778 bits per heavy atom. The summed E-state index contributed by atoms with van der Waals surface area (Å²) >= 11 is 1.88. The summed E-state index contributed by atoms with van der Waals surface area (Å²) < 4.78 is 2.68. The molecule has 0 amide bonds. The van der Waals surface area contributed by atoms with Crippen molar-refractivity contribution in [2.45, 2.75) is 77.4 Å². The molecule has 1 aliphatic carbocycles. The van der Waals surface area contributed by atoms with Crippen LogP contribution in [0.5, 0.6) is 0 Å². The molecular weight excluding hydrogens is 761 g/mol. The SMILES string of the molecule is CC(C)c1ccc(-c2[c-]cccc2)nc1.C[Si](C)(C)c1ccc2sc3c(-c4ccc(C5CCCCC5)cn4)[c-]ccc3c2c1.[Ir]. The quantitative estimate of drug-likeness (QED) is 0.128. The second kappa shape index (κ2) is 14.6. The Morgan fingerprint density at radius 3 is 2.20 bits per heavy atom. The van der Waals surface area contributed by atoms with Crippen LogP contribution in [0.4, 0.5) is 0 Å². The zero-order chi connectivity index (χ0) is 30.7. The first-order valence-electron chi connectivity index (χ1n) is 16.0. The van der Waals surface area contributed by atoms with Crippen molar-refractivity contribution in [2.75, 3.05) is 0 Å². The first-order valence-corrected chi connectivity index (χ1v) is 20.4. The van der Waals surface area contributed by atoms with Gasteiger partial charge in [0.05, 0.1) is 8.07 Å². The standard InChI is InChI=1S/C26H28NSSi.C14H14N.Ir/c1-29(2,3)20-13-15-25-23(16-20)21-10-7-11-22(26(21)28-25)24-14-12-19(17-27-24)18-8-5-4-6-9-18;1-11(2)13-8-9-14(15-10-13)12-6-4-3-5-7-12;/h7,10,12-18H,4-6,8-9H2,1-3H3;3-6,8-11H,1-2H3;/q2*-1;. The number of benzene rings is 3. The monoisotopic (exact) mass is 803 g/mol. The number of thiophene rings is 1. The van der Waals surface area contributed by atoms with Gasteiger partial charge in [0, 0.05) is 37.2 Å². The van der Waals surface area contributed by atoms with Gasteiger partial charge in [-0.25, -0.2) is 0 Å². The van der Waals surface area contributed by atoms with Crippen molar-refractivity contribution in [2.24, 2.45) is 0 Å². The summed E-state index contributed by atoms with van der Waals surface area (Å²) in [4.78, 5) is 9.32. The average Bonchev–Trinajstić information content (AvgIpc) is 3.44. The van der Waals surface area contributed by atoms with Gasteiger partial charge in [-0.15, -0.1) is 59.7 Å². The first-order chi connectivity index (χ1) is 21.3. The molecule has 1 fully saturated rings. The molecule has 6 aromatic rings. The normalized spacial score (nSPS) is 13.8. The van der Waals surface area contributed by atoms with Crippen LogP contribution in [0.2, 0.25) is 19.6 Å². The van der Waals surface area contributed by atoms with E-state index in [4.69, 9.17) is 4.98 Å². The molecule has 0 atom stereocenters. The van der Waals surface area contributed by atoms with Gasteiger partial charge >= 0.3 is 0 Å². The fourth-order valence-corrected chi connectivity index (χ4v) is 8.44. The number of aromatic nitrogens is 2. The maximum Gasteiger partial charge on any atom is 0.0776 e. The number of nitrogens with zero attached hydrogens (tertiary/aromatic N) is 2. The Bertz CT molecular complexity index is 1830. The number of hydrogen-bond acceptors (Lipinski definition) is 3. The van der Waals surface area contributed by atoms with Gasteiger partial charge < -0.3 is 9.97 Å². The average molecular weight is 803 g/mol. The van der Waals surface area contributed by atoms with Crippen LogP contribution in [0.25, 0.3) is 42.7 Å². The van der Waals surface area contributed by atoms with Crippen LogP contribution in [-0.4, -0.2) is 18.0 Å². The molecule has 3 heterocycles. The Balaban J connectivity index is 0.000000212. The van der Waals surface area contributed by atoms with E-state index in [1.165, 1.54) is 68.6 Å². The fourth-order valence-electron chi connectivity index (χ4n) is 6.09. The Morgan fingerprint density at radius 2 is 1.56 bits per heavy atom. The van der Waals surface area contributed by atoms with Crippen LogP contribution in [0.15, 0.2) is 91.3 Å². The number of hydrogen-bond donors (Lipinski definition) is 0. The topological polar surface area (TPSA) is 25.8 Å². The summed E-state index contributed by atoms with van der Waals surface area (Å²) in [5, 5.41) is 4.25. The third kappa shape index (κ3) is 7.72. The molecule has 5 heteroatoms. The second-order valence-corrected chi connectivity index (χ2v) is 19.5. The Labute approximate surface area is 287 Å². The van der Waals surface area contributed by atoms with Crippen LogP contribution in [-0.2, 0) is 20.1 Å². The van der Waals surface area contributed by atoms with Crippen LogP contribution >= 0.6 is 11.3 Å². The van der Waals surface area contributed by atoms with E-state index >= 15 is 0 Å². The van der Waals surface area contributed by atoms with E-state index in [2.05, 4.69) is 111 Å². The van der Waals surface area contributed by atoms with Gasteiger partial charge in [0.1, 0.15) is 0 Å². The molecule has 1 saturated carbocycles. The van der Waals surface area contributed by atoms with Gasteiger partial charge in [-0.1, -0.05) is 99.7 Å². The smallest absolute Gasteiger partial charge is 0.0776 e. The molecule has 1 radical (unpaired) electrons. The van der Waals surface area contributed by atoms with Gasteiger partial charge in [0.15, 0.2) is 0 Å². The summed E-state index contributed by atoms with van der Waals surface area (Å²) in [6.07, 6.45) is 10.8. The van der Waals surface area contributed by atoms with E-state index in [1.54, 1.807) is 0 Å². The summed E-state index contributed by atoms with van der Waals surface area (Å²) in [6, 6.07) is 34.7. The Hall–Kier alpha value is -2.95.